The molecule has 0 spiro atoms. The zero-order valence-corrected chi connectivity index (χ0v) is 19.7. The van der Waals surface area contributed by atoms with Crippen molar-refractivity contribution in [2.75, 3.05) is 13.2 Å². The van der Waals surface area contributed by atoms with Crippen LogP contribution in [0.25, 0.3) is 11.1 Å². The smallest absolute Gasteiger partial charge is 0.407 e. The largest absolute Gasteiger partial charge is 0.481 e. The number of carbonyl (C=O) groups is 2. The van der Waals surface area contributed by atoms with E-state index in [1.165, 1.54) is 5.56 Å². The molecule has 1 aliphatic carbocycles. The first-order chi connectivity index (χ1) is 16.4. The van der Waals surface area contributed by atoms with Gasteiger partial charge in [0.15, 0.2) is 0 Å². The number of rotatable bonds is 9. The molecule has 0 saturated heterocycles. The molecule has 1 atom stereocenters. The third kappa shape index (κ3) is 5.48. The van der Waals surface area contributed by atoms with Crippen molar-refractivity contribution < 1.29 is 19.4 Å². The molecule has 0 saturated carbocycles. The molecule has 5 nitrogen and oxygen atoms in total. The lowest BCUT2D eigenvalue weighted by Gasteiger charge is -2.17. The first-order valence-corrected chi connectivity index (χ1v) is 11.8. The Morgan fingerprint density at radius 1 is 0.882 bits per heavy atom. The van der Waals surface area contributed by atoms with Gasteiger partial charge in [-0.15, -0.1) is 0 Å². The molecule has 34 heavy (non-hydrogen) atoms. The number of ether oxygens (including phenoxy) is 1. The van der Waals surface area contributed by atoms with Crippen LogP contribution in [-0.2, 0) is 22.4 Å². The first kappa shape index (κ1) is 23.6. The second-order valence-corrected chi connectivity index (χ2v) is 9.36. The zero-order valence-electron chi connectivity index (χ0n) is 19.7. The van der Waals surface area contributed by atoms with E-state index in [9.17, 15) is 14.7 Å². The third-order valence-electron chi connectivity index (χ3n) is 6.30. The van der Waals surface area contributed by atoms with Gasteiger partial charge in [-0.1, -0.05) is 86.6 Å². The fraction of sp³-hybridized carbons (Fsp3) is 0.310. The normalized spacial score (nSPS) is 13.3. The topological polar surface area (TPSA) is 75.6 Å². The van der Waals surface area contributed by atoms with E-state index in [2.05, 4.69) is 55.6 Å². The molecule has 2 N–H and O–H groups in total. The van der Waals surface area contributed by atoms with Crippen molar-refractivity contribution in [1.82, 2.24) is 5.32 Å². The minimum Gasteiger partial charge on any atom is -0.481 e. The van der Waals surface area contributed by atoms with E-state index in [-0.39, 0.29) is 19.1 Å². The summed E-state index contributed by atoms with van der Waals surface area (Å²) < 4.78 is 5.54. The van der Waals surface area contributed by atoms with E-state index in [0.29, 0.717) is 12.3 Å². The third-order valence-corrected chi connectivity index (χ3v) is 6.30. The van der Waals surface area contributed by atoms with Crippen molar-refractivity contribution in [1.29, 1.82) is 0 Å². The standard InChI is InChI=1S/C29H31NO4/c1-19(2)14-20-8-7-9-21(15-20)16-22(28(31)32)17-30-29(33)34-18-27-25-12-5-3-10-23(25)24-11-4-6-13-26(24)27/h3-13,15,19,22,27H,14,16-18H2,1-2H3,(H,30,33)(H,31,32)/t22-/m1/s1. The van der Waals surface area contributed by atoms with Crippen molar-refractivity contribution in [3.05, 3.63) is 95.1 Å². The van der Waals surface area contributed by atoms with E-state index in [1.807, 2.05) is 36.4 Å². The Kier molecular flexibility index (Phi) is 7.31. The number of alkyl carbamates (subject to hydrolysis) is 1. The summed E-state index contributed by atoms with van der Waals surface area (Å²) in [6.45, 7) is 4.53. The van der Waals surface area contributed by atoms with E-state index in [0.717, 1.165) is 34.2 Å². The number of carboxylic acids is 1. The highest BCUT2D eigenvalue weighted by molar-refractivity contribution is 5.79. The van der Waals surface area contributed by atoms with Crippen LogP contribution in [0.1, 0.15) is 42.0 Å². The molecule has 1 amide bonds. The maximum Gasteiger partial charge on any atom is 0.407 e. The highest BCUT2D eigenvalue weighted by atomic mass is 16.5. The summed E-state index contributed by atoms with van der Waals surface area (Å²) in [6, 6.07) is 24.3. The average molecular weight is 458 g/mol. The van der Waals surface area contributed by atoms with Crippen LogP contribution >= 0.6 is 0 Å². The van der Waals surface area contributed by atoms with E-state index in [4.69, 9.17) is 4.74 Å². The number of benzene rings is 3. The lowest BCUT2D eigenvalue weighted by Crippen LogP contribution is -2.35. The van der Waals surface area contributed by atoms with Gasteiger partial charge in [0.2, 0.25) is 0 Å². The molecule has 1 aliphatic rings. The number of aliphatic carboxylic acids is 1. The van der Waals surface area contributed by atoms with E-state index < -0.39 is 18.0 Å². The Balaban J connectivity index is 1.34. The van der Waals surface area contributed by atoms with Crippen LogP contribution in [-0.4, -0.2) is 30.3 Å². The summed E-state index contributed by atoms with van der Waals surface area (Å²) in [5, 5.41) is 12.4. The molecule has 0 aromatic heterocycles. The number of fused-ring (bicyclic) bond motifs is 3. The lowest BCUT2D eigenvalue weighted by atomic mass is 9.95. The molecule has 0 bridgehead atoms. The molecule has 5 heteroatoms. The molecular formula is C29H31NO4. The zero-order chi connectivity index (χ0) is 24.1. The Labute approximate surface area is 200 Å². The quantitative estimate of drug-likeness (QED) is 0.434. The molecule has 3 aromatic carbocycles. The molecule has 3 aromatic rings. The maximum absolute atomic E-state index is 12.5. The van der Waals surface area contributed by atoms with Crippen molar-refractivity contribution >= 4 is 12.1 Å². The van der Waals surface area contributed by atoms with Crippen LogP contribution in [0.15, 0.2) is 72.8 Å². The van der Waals surface area contributed by atoms with Gasteiger partial charge in [0.1, 0.15) is 6.61 Å². The van der Waals surface area contributed by atoms with Crippen LogP contribution < -0.4 is 5.32 Å². The number of amides is 1. The summed E-state index contributed by atoms with van der Waals surface area (Å²) in [5.41, 5.74) is 6.76. The number of carboxylic acid groups (broad SMARTS) is 1. The predicted molar refractivity (Wildman–Crippen MR) is 133 cm³/mol. The van der Waals surface area contributed by atoms with E-state index in [1.54, 1.807) is 0 Å². The minimum atomic E-state index is -0.937. The molecule has 0 heterocycles. The maximum atomic E-state index is 12.5. The number of carbonyl (C=O) groups excluding carboxylic acids is 1. The van der Waals surface area contributed by atoms with Crippen LogP contribution in [0.5, 0.6) is 0 Å². The summed E-state index contributed by atoms with van der Waals surface area (Å²) in [5.74, 6) is -1.17. The first-order valence-electron chi connectivity index (χ1n) is 11.8. The van der Waals surface area contributed by atoms with Gasteiger partial charge in [0.25, 0.3) is 0 Å². The summed E-state index contributed by atoms with van der Waals surface area (Å²) >= 11 is 0. The fourth-order valence-electron chi connectivity index (χ4n) is 4.74. The van der Waals surface area contributed by atoms with Crippen molar-refractivity contribution in [2.24, 2.45) is 11.8 Å². The molecule has 0 aliphatic heterocycles. The Morgan fingerprint density at radius 2 is 1.47 bits per heavy atom. The van der Waals surface area contributed by atoms with Gasteiger partial charge in [0, 0.05) is 12.5 Å². The van der Waals surface area contributed by atoms with Crippen LogP contribution in [0.2, 0.25) is 0 Å². The average Bonchev–Trinajstić information content (AvgIpc) is 3.14. The molecule has 0 fully saturated rings. The van der Waals surface area contributed by atoms with Crippen molar-refractivity contribution in [2.45, 2.75) is 32.6 Å². The van der Waals surface area contributed by atoms with Gasteiger partial charge in [-0.25, -0.2) is 4.79 Å². The Morgan fingerprint density at radius 3 is 2.06 bits per heavy atom. The summed E-state index contributed by atoms with van der Waals surface area (Å²) in [7, 11) is 0. The molecule has 0 unspecified atom stereocenters. The fourth-order valence-corrected chi connectivity index (χ4v) is 4.74. The van der Waals surface area contributed by atoms with Gasteiger partial charge in [-0.05, 0) is 52.1 Å². The Bertz CT molecular complexity index is 1120. The highest BCUT2D eigenvalue weighted by Crippen LogP contribution is 2.44. The monoisotopic (exact) mass is 457 g/mol. The highest BCUT2D eigenvalue weighted by Gasteiger charge is 2.29. The lowest BCUT2D eigenvalue weighted by molar-refractivity contribution is -0.141. The number of hydrogen-bond donors (Lipinski definition) is 2. The van der Waals surface area contributed by atoms with Crippen LogP contribution in [0.3, 0.4) is 0 Å². The van der Waals surface area contributed by atoms with Crippen molar-refractivity contribution in [3.8, 4) is 11.1 Å². The minimum absolute atomic E-state index is 0.0143. The van der Waals surface area contributed by atoms with Gasteiger partial charge in [0.05, 0.1) is 5.92 Å². The number of nitrogens with one attached hydrogen (secondary N) is 1. The summed E-state index contributed by atoms with van der Waals surface area (Å²) in [4.78, 5) is 24.3. The van der Waals surface area contributed by atoms with E-state index >= 15 is 0 Å². The number of hydrogen-bond acceptors (Lipinski definition) is 3. The predicted octanol–water partition coefficient (Wildman–Crippen LogP) is 5.67. The second-order valence-electron chi connectivity index (χ2n) is 9.36. The van der Waals surface area contributed by atoms with Crippen LogP contribution in [0.4, 0.5) is 4.79 Å². The van der Waals surface area contributed by atoms with Gasteiger partial charge in [-0.3, -0.25) is 4.79 Å². The molecule has 4 rings (SSSR count). The van der Waals surface area contributed by atoms with Crippen LogP contribution in [0, 0.1) is 11.8 Å². The Hall–Kier alpha value is -3.60. The molecule has 0 radical (unpaired) electrons. The van der Waals surface area contributed by atoms with Gasteiger partial charge in [-0.2, -0.15) is 0 Å². The molecule has 176 valence electrons. The van der Waals surface area contributed by atoms with Crippen molar-refractivity contribution in [3.63, 3.8) is 0 Å². The second kappa shape index (κ2) is 10.6. The molecular weight excluding hydrogens is 426 g/mol. The SMILES string of the molecule is CC(C)Cc1cccc(C[C@H](CNC(=O)OCC2c3ccccc3-c3ccccc32)C(=O)O)c1. The summed E-state index contributed by atoms with van der Waals surface area (Å²) in [6.07, 6.45) is 0.704. The van der Waals surface area contributed by atoms with Gasteiger partial charge >= 0.3 is 12.1 Å². The van der Waals surface area contributed by atoms with Gasteiger partial charge < -0.3 is 15.2 Å².